The number of carboxylic acids is 2. The lowest BCUT2D eigenvalue weighted by molar-refractivity contribution is -0.141. The van der Waals surface area contributed by atoms with Gasteiger partial charge >= 0.3 is 11.9 Å². The van der Waals surface area contributed by atoms with Crippen molar-refractivity contribution in [1.82, 2.24) is 5.32 Å². The molecular formula is C11H11NO5. The topological polar surface area (TPSA) is 104 Å². The number of likely N-dealkylation sites (N-methyl/N-ethyl adjacent to an activating group) is 1. The molecule has 0 amide bonds. The van der Waals surface area contributed by atoms with E-state index in [9.17, 15) is 14.4 Å². The Hall–Kier alpha value is -2.17. The quantitative estimate of drug-likeness (QED) is 0.585. The van der Waals surface area contributed by atoms with E-state index in [4.69, 9.17) is 10.2 Å². The number of nitrogens with one attached hydrogen (secondary N) is 1. The SMILES string of the molecule is CNC1(C(=O)O)C=CC(=C=O)C(C(=O)O)=C1C. The van der Waals surface area contributed by atoms with E-state index in [-0.39, 0.29) is 16.7 Å². The van der Waals surface area contributed by atoms with Gasteiger partial charge in [0.15, 0.2) is 5.54 Å². The molecule has 1 aliphatic rings. The third-order valence-corrected chi connectivity index (χ3v) is 2.79. The van der Waals surface area contributed by atoms with E-state index in [0.717, 1.165) is 6.08 Å². The molecule has 0 saturated heterocycles. The molecule has 0 aromatic heterocycles. The van der Waals surface area contributed by atoms with Gasteiger partial charge < -0.3 is 10.2 Å². The van der Waals surface area contributed by atoms with Gasteiger partial charge in [0.25, 0.3) is 0 Å². The summed E-state index contributed by atoms with van der Waals surface area (Å²) in [5.74, 6) is -1.11. The first kappa shape index (κ1) is 12.9. The summed E-state index contributed by atoms with van der Waals surface area (Å²) in [6, 6.07) is 0. The number of hydrogen-bond acceptors (Lipinski definition) is 4. The minimum Gasteiger partial charge on any atom is -0.479 e. The molecule has 0 aromatic rings. The number of allylic oxidation sites excluding steroid dienone is 1. The average Bonchev–Trinajstić information content (AvgIpc) is 2.27. The Labute approximate surface area is 96.9 Å². The van der Waals surface area contributed by atoms with Crippen molar-refractivity contribution >= 4 is 17.9 Å². The zero-order valence-electron chi connectivity index (χ0n) is 9.27. The minimum atomic E-state index is -1.60. The molecule has 0 heterocycles. The van der Waals surface area contributed by atoms with E-state index in [1.807, 2.05) is 0 Å². The second-order valence-electron chi connectivity index (χ2n) is 3.52. The maximum atomic E-state index is 11.2. The highest BCUT2D eigenvalue weighted by Gasteiger charge is 2.42. The fourth-order valence-electron chi connectivity index (χ4n) is 1.79. The number of rotatable bonds is 3. The van der Waals surface area contributed by atoms with Gasteiger partial charge in [-0.3, -0.25) is 5.32 Å². The minimum absolute atomic E-state index is 0.0425. The van der Waals surface area contributed by atoms with Crippen LogP contribution in [-0.2, 0) is 14.4 Å². The Balaban J connectivity index is 3.58. The first-order chi connectivity index (χ1) is 7.90. The fraction of sp³-hybridized carbons (Fsp3) is 0.273. The van der Waals surface area contributed by atoms with Crippen LogP contribution in [-0.4, -0.2) is 40.7 Å². The summed E-state index contributed by atoms with van der Waals surface area (Å²) >= 11 is 0. The number of carbonyl (C=O) groups excluding carboxylic acids is 1. The van der Waals surface area contributed by atoms with Crippen LogP contribution in [0.3, 0.4) is 0 Å². The van der Waals surface area contributed by atoms with Gasteiger partial charge in [-0.05, 0) is 31.7 Å². The monoisotopic (exact) mass is 237 g/mol. The Morgan fingerprint density at radius 3 is 2.35 bits per heavy atom. The average molecular weight is 237 g/mol. The van der Waals surface area contributed by atoms with E-state index in [1.165, 1.54) is 26.0 Å². The summed E-state index contributed by atoms with van der Waals surface area (Å²) in [6.45, 7) is 1.36. The van der Waals surface area contributed by atoms with Crippen LogP contribution in [0.5, 0.6) is 0 Å². The van der Waals surface area contributed by atoms with E-state index >= 15 is 0 Å². The molecule has 90 valence electrons. The van der Waals surface area contributed by atoms with Crippen LogP contribution in [0.15, 0.2) is 28.9 Å². The lowest BCUT2D eigenvalue weighted by Gasteiger charge is -2.30. The molecule has 1 aliphatic carbocycles. The number of carboxylic acid groups (broad SMARTS) is 2. The van der Waals surface area contributed by atoms with E-state index in [1.54, 1.807) is 0 Å². The second kappa shape index (κ2) is 4.37. The van der Waals surface area contributed by atoms with Crippen molar-refractivity contribution in [2.24, 2.45) is 0 Å². The van der Waals surface area contributed by atoms with Gasteiger partial charge in [0.2, 0.25) is 0 Å². The molecule has 3 N–H and O–H groups in total. The molecule has 17 heavy (non-hydrogen) atoms. The van der Waals surface area contributed by atoms with Crippen molar-refractivity contribution in [3.05, 3.63) is 28.9 Å². The number of aliphatic carboxylic acids is 2. The van der Waals surface area contributed by atoms with Gasteiger partial charge in [-0.15, -0.1) is 0 Å². The highest BCUT2D eigenvalue weighted by molar-refractivity contribution is 6.02. The Kier molecular flexibility index (Phi) is 3.31. The molecular weight excluding hydrogens is 226 g/mol. The summed E-state index contributed by atoms with van der Waals surface area (Å²) in [5, 5.41) is 20.7. The Morgan fingerprint density at radius 1 is 1.41 bits per heavy atom. The zero-order valence-corrected chi connectivity index (χ0v) is 9.27. The number of hydrogen-bond donors (Lipinski definition) is 3. The van der Waals surface area contributed by atoms with Crippen molar-refractivity contribution in [2.45, 2.75) is 12.5 Å². The van der Waals surface area contributed by atoms with E-state index in [2.05, 4.69) is 5.32 Å². The summed E-state index contributed by atoms with van der Waals surface area (Å²) in [4.78, 5) is 32.9. The smallest absolute Gasteiger partial charge is 0.337 e. The summed E-state index contributed by atoms with van der Waals surface area (Å²) in [5.41, 5.74) is -2.06. The van der Waals surface area contributed by atoms with Crippen molar-refractivity contribution in [1.29, 1.82) is 0 Å². The normalized spacial score (nSPS) is 23.5. The summed E-state index contributed by atoms with van der Waals surface area (Å²) < 4.78 is 0. The zero-order chi connectivity index (χ0) is 13.2. The highest BCUT2D eigenvalue weighted by Crippen LogP contribution is 2.30. The molecule has 0 saturated carbocycles. The lowest BCUT2D eigenvalue weighted by atomic mass is 9.80. The fourth-order valence-corrected chi connectivity index (χ4v) is 1.79. The molecule has 0 aliphatic heterocycles. The van der Waals surface area contributed by atoms with Crippen molar-refractivity contribution in [2.75, 3.05) is 7.05 Å². The van der Waals surface area contributed by atoms with Gasteiger partial charge in [0.05, 0.1) is 11.1 Å². The molecule has 6 nitrogen and oxygen atoms in total. The summed E-state index contributed by atoms with van der Waals surface area (Å²) in [7, 11) is 1.40. The molecule has 1 unspecified atom stereocenters. The van der Waals surface area contributed by atoms with Crippen LogP contribution in [0.4, 0.5) is 0 Å². The Bertz CT molecular complexity index is 496. The van der Waals surface area contributed by atoms with Crippen molar-refractivity contribution in [3.63, 3.8) is 0 Å². The van der Waals surface area contributed by atoms with Gasteiger partial charge in [-0.1, -0.05) is 0 Å². The van der Waals surface area contributed by atoms with Crippen molar-refractivity contribution in [3.8, 4) is 0 Å². The van der Waals surface area contributed by atoms with Crippen LogP contribution in [0.1, 0.15) is 6.92 Å². The molecule has 0 radical (unpaired) electrons. The van der Waals surface area contributed by atoms with Crippen LogP contribution in [0, 0.1) is 0 Å². The van der Waals surface area contributed by atoms with Gasteiger partial charge in [0.1, 0.15) is 5.94 Å². The number of carbonyl (C=O) groups is 2. The third kappa shape index (κ3) is 1.80. The van der Waals surface area contributed by atoms with E-state index in [0.29, 0.717) is 0 Å². The molecule has 0 spiro atoms. The maximum Gasteiger partial charge on any atom is 0.337 e. The predicted octanol–water partition coefficient (Wildman–Crippen LogP) is -0.242. The molecule has 0 bridgehead atoms. The lowest BCUT2D eigenvalue weighted by Crippen LogP contribution is -2.51. The largest absolute Gasteiger partial charge is 0.479 e. The van der Waals surface area contributed by atoms with Crippen LogP contribution in [0.25, 0.3) is 0 Å². The van der Waals surface area contributed by atoms with E-state index < -0.39 is 17.5 Å². The predicted molar refractivity (Wildman–Crippen MR) is 58.1 cm³/mol. The van der Waals surface area contributed by atoms with Gasteiger partial charge in [-0.25, -0.2) is 14.4 Å². The van der Waals surface area contributed by atoms with Gasteiger partial charge in [-0.2, -0.15) is 0 Å². The second-order valence-corrected chi connectivity index (χ2v) is 3.52. The van der Waals surface area contributed by atoms with Crippen molar-refractivity contribution < 1.29 is 24.6 Å². The third-order valence-electron chi connectivity index (χ3n) is 2.79. The molecule has 0 fully saturated rings. The van der Waals surface area contributed by atoms with Crippen LogP contribution < -0.4 is 5.32 Å². The summed E-state index contributed by atoms with van der Waals surface area (Å²) in [6.07, 6.45) is 2.38. The first-order valence-corrected chi connectivity index (χ1v) is 4.72. The molecule has 0 aromatic carbocycles. The maximum absolute atomic E-state index is 11.2. The Morgan fingerprint density at radius 2 is 2.00 bits per heavy atom. The molecule has 1 rings (SSSR count). The standard InChI is InChI=1S/C11H11NO5/c1-6-8(9(14)15)7(5-13)3-4-11(6,12-2)10(16)17/h3-4,12H,1-2H3,(H,14,15)(H,16,17). The highest BCUT2D eigenvalue weighted by atomic mass is 16.4. The molecule has 6 heteroatoms. The van der Waals surface area contributed by atoms with Crippen LogP contribution >= 0.6 is 0 Å². The van der Waals surface area contributed by atoms with Gasteiger partial charge in [0, 0.05) is 0 Å². The van der Waals surface area contributed by atoms with Crippen LogP contribution in [0.2, 0.25) is 0 Å². The first-order valence-electron chi connectivity index (χ1n) is 4.72. The molecule has 1 atom stereocenters.